The molecule has 0 radical (unpaired) electrons. The lowest BCUT2D eigenvalue weighted by Gasteiger charge is -2.24. The highest BCUT2D eigenvalue weighted by molar-refractivity contribution is 7.80. The summed E-state index contributed by atoms with van der Waals surface area (Å²) in [7, 11) is 1.31. The molecule has 172 valence electrons. The first-order chi connectivity index (χ1) is 14.8. The van der Waals surface area contributed by atoms with Crippen LogP contribution in [0.15, 0.2) is 0 Å². The smallest absolute Gasteiger partial charge is 0.341 e. The number of rotatable bonds is 6. The van der Waals surface area contributed by atoms with Crippen molar-refractivity contribution in [2.24, 2.45) is 0 Å². The van der Waals surface area contributed by atoms with E-state index in [0.717, 1.165) is 12.8 Å². The number of anilines is 1. The molecule has 0 unspecified atom stereocenters. The minimum atomic E-state index is -0.528. The van der Waals surface area contributed by atoms with E-state index >= 15 is 0 Å². The SMILES string of the molecule is CCN(CC)C(=O)c1sc(NC(=S)NNC(=S)NC2CCCCC2)c(C(=O)OC)c1C. The van der Waals surface area contributed by atoms with E-state index in [-0.39, 0.29) is 11.0 Å². The number of carbonyl (C=O) groups excluding carboxylic acids is 2. The van der Waals surface area contributed by atoms with Crippen molar-refractivity contribution < 1.29 is 14.3 Å². The Labute approximate surface area is 198 Å². The van der Waals surface area contributed by atoms with E-state index < -0.39 is 5.97 Å². The number of thiocarbonyl (C=S) groups is 2. The van der Waals surface area contributed by atoms with Crippen LogP contribution in [0, 0.1) is 6.92 Å². The number of amides is 1. The van der Waals surface area contributed by atoms with Gasteiger partial charge in [0.1, 0.15) is 5.00 Å². The van der Waals surface area contributed by atoms with Gasteiger partial charge < -0.3 is 20.3 Å². The molecule has 31 heavy (non-hydrogen) atoms. The Morgan fingerprint density at radius 2 is 1.71 bits per heavy atom. The zero-order valence-electron chi connectivity index (χ0n) is 18.4. The summed E-state index contributed by atoms with van der Waals surface area (Å²) in [5.41, 5.74) is 6.58. The van der Waals surface area contributed by atoms with Gasteiger partial charge in [-0.2, -0.15) is 0 Å². The molecule has 0 aromatic carbocycles. The topological polar surface area (TPSA) is 94.7 Å². The number of hydrogen-bond acceptors (Lipinski definition) is 6. The lowest BCUT2D eigenvalue weighted by atomic mass is 9.96. The number of nitrogens with one attached hydrogen (secondary N) is 4. The highest BCUT2D eigenvalue weighted by Gasteiger charge is 2.27. The van der Waals surface area contributed by atoms with Gasteiger partial charge in [0, 0.05) is 19.1 Å². The number of nitrogens with zero attached hydrogens (tertiary/aromatic N) is 1. The highest BCUT2D eigenvalue weighted by Crippen LogP contribution is 2.34. The molecule has 1 amide bonds. The van der Waals surface area contributed by atoms with E-state index in [2.05, 4.69) is 21.5 Å². The fraction of sp³-hybridized carbons (Fsp3) is 0.600. The van der Waals surface area contributed by atoms with Crippen molar-refractivity contribution >= 4 is 62.9 Å². The maximum Gasteiger partial charge on any atom is 0.341 e. The third-order valence-corrected chi connectivity index (χ3v) is 6.86. The lowest BCUT2D eigenvalue weighted by Crippen LogP contribution is -2.51. The quantitative estimate of drug-likeness (QED) is 0.275. The summed E-state index contributed by atoms with van der Waals surface area (Å²) in [6.07, 6.45) is 5.88. The van der Waals surface area contributed by atoms with Crippen molar-refractivity contribution in [1.82, 2.24) is 21.1 Å². The van der Waals surface area contributed by atoms with Gasteiger partial charge in [0.15, 0.2) is 10.2 Å². The van der Waals surface area contributed by atoms with Gasteiger partial charge in [-0.3, -0.25) is 15.6 Å². The van der Waals surface area contributed by atoms with E-state index in [1.807, 2.05) is 13.8 Å². The molecule has 1 aliphatic carbocycles. The summed E-state index contributed by atoms with van der Waals surface area (Å²) in [4.78, 5) is 27.4. The van der Waals surface area contributed by atoms with Gasteiger partial charge in [-0.1, -0.05) is 19.3 Å². The molecule has 2 rings (SSSR count). The van der Waals surface area contributed by atoms with Crippen LogP contribution in [-0.2, 0) is 4.74 Å². The summed E-state index contributed by atoms with van der Waals surface area (Å²) in [5.74, 6) is -0.652. The maximum absolute atomic E-state index is 12.9. The van der Waals surface area contributed by atoms with Crippen molar-refractivity contribution in [1.29, 1.82) is 0 Å². The van der Waals surface area contributed by atoms with Crippen molar-refractivity contribution in [3.05, 3.63) is 16.0 Å². The minimum absolute atomic E-state index is 0.124. The van der Waals surface area contributed by atoms with Gasteiger partial charge >= 0.3 is 5.97 Å². The molecule has 4 N–H and O–H groups in total. The van der Waals surface area contributed by atoms with Crippen molar-refractivity contribution in [3.8, 4) is 0 Å². The van der Waals surface area contributed by atoms with E-state index in [1.54, 1.807) is 11.8 Å². The Morgan fingerprint density at radius 1 is 1.10 bits per heavy atom. The fourth-order valence-electron chi connectivity index (χ4n) is 3.52. The molecule has 1 heterocycles. The molecule has 1 aromatic rings. The first-order valence-corrected chi connectivity index (χ1v) is 12.1. The van der Waals surface area contributed by atoms with Crippen LogP contribution in [0.25, 0.3) is 0 Å². The Bertz CT molecular complexity index is 817. The van der Waals surface area contributed by atoms with Gasteiger partial charge in [-0.25, -0.2) is 4.79 Å². The molecule has 0 aliphatic heterocycles. The molecule has 0 saturated heterocycles. The predicted molar refractivity (Wildman–Crippen MR) is 133 cm³/mol. The first kappa shape index (κ1) is 25.3. The molecule has 1 fully saturated rings. The van der Waals surface area contributed by atoms with E-state index in [4.69, 9.17) is 29.2 Å². The monoisotopic (exact) mass is 485 g/mol. The summed E-state index contributed by atoms with van der Waals surface area (Å²) in [5, 5.41) is 7.41. The largest absolute Gasteiger partial charge is 0.465 e. The summed E-state index contributed by atoms with van der Waals surface area (Å²) < 4.78 is 4.92. The molecule has 1 aliphatic rings. The van der Waals surface area contributed by atoms with Gasteiger partial charge in [0.05, 0.1) is 17.6 Å². The highest BCUT2D eigenvalue weighted by atomic mass is 32.1. The average molecular weight is 486 g/mol. The molecule has 11 heteroatoms. The number of hydrogen-bond donors (Lipinski definition) is 4. The fourth-order valence-corrected chi connectivity index (χ4v) is 5.13. The third-order valence-electron chi connectivity index (χ3n) is 5.24. The molecule has 1 aromatic heterocycles. The molecule has 0 bridgehead atoms. The molecule has 8 nitrogen and oxygen atoms in total. The Morgan fingerprint density at radius 3 is 2.29 bits per heavy atom. The van der Waals surface area contributed by atoms with Gasteiger partial charge in [-0.05, 0) is 63.6 Å². The molecule has 0 atom stereocenters. The average Bonchev–Trinajstić information content (AvgIpc) is 3.08. The standard InChI is InChI=1S/C20H31N5O3S3/c1-5-25(6-2)17(26)15-12(3)14(18(27)28-4)16(31-15)22-20(30)24-23-19(29)21-13-10-8-7-9-11-13/h13H,5-11H2,1-4H3,(H2,21,23,29)(H2,22,24,30). The molecule has 0 spiro atoms. The van der Waals surface area contributed by atoms with Crippen molar-refractivity contribution in [2.45, 2.75) is 58.9 Å². The second-order valence-electron chi connectivity index (χ2n) is 7.24. The third kappa shape index (κ3) is 6.75. The molecular formula is C20H31N5O3S3. The van der Waals surface area contributed by atoms with E-state index in [1.165, 1.54) is 37.7 Å². The van der Waals surface area contributed by atoms with Crippen LogP contribution in [0.3, 0.4) is 0 Å². The van der Waals surface area contributed by atoms with Gasteiger partial charge in [0.2, 0.25) is 0 Å². The number of esters is 1. The number of hydrazine groups is 1. The van der Waals surface area contributed by atoms with Crippen LogP contribution in [0.2, 0.25) is 0 Å². The first-order valence-electron chi connectivity index (χ1n) is 10.5. The maximum atomic E-state index is 12.9. The number of methoxy groups -OCH3 is 1. The van der Waals surface area contributed by atoms with Crippen LogP contribution in [0.4, 0.5) is 5.00 Å². The summed E-state index contributed by atoms with van der Waals surface area (Å²) >= 11 is 11.8. The van der Waals surface area contributed by atoms with Crippen LogP contribution in [0.1, 0.15) is 71.5 Å². The Hall–Kier alpha value is -1.98. The number of carbonyl (C=O) groups is 2. The van der Waals surface area contributed by atoms with Crippen LogP contribution in [-0.4, -0.2) is 53.2 Å². The number of ether oxygens (including phenoxy) is 1. The van der Waals surface area contributed by atoms with Crippen LogP contribution in [0.5, 0.6) is 0 Å². The zero-order valence-corrected chi connectivity index (χ0v) is 20.9. The normalized spacial score (nSPS) is 13.8. The summed E-state index contributed by atoms with van der Waals surface area (Å²) in [6, 6.07) is 0.372. The molecular weight excluding hydrogens is 454 g/mol. The zero-order chi connectivity index (χ0) is 23.0. The van der Waals surface area contributed by atoms with Gasteiger partial charge in [-0.15, -0.1) is 11.3 Å². The second-order valence-corrected chi connectivity index (χ2v) is 9.08. The van der Waals surface area contributed by atoms with E-state index in [0.29, 0.717) is 45.2 Å². The van der Waals surface area contributed by atoms with Gasteiger partial charge in [0.25, 0.3) is 5.91 Å². The second kappa shape index (κ2) is 12.2. The number of thiophene rings is 1. The summed E-state index contributed by atoms with van der Waals surface area (Å²) in [6.45, 7) is 6.73. The Balaban J connectivity index is 2.07. The molecule has 1 saturated carbocycles. The lowest BCUT2D eigenvalue weighted by molar-refractivity contribution is 0.0601. The van der Waals surface area contributed by atoms with Crippen molar-refractivity contribution in [2.75, 3.05) is 25.5 Å². The Kier molecular flexibility index (Phi) is 9.92. The van der Waals surface area contributed by atoms with Crippen LogP contribution < -0.4 is 21.5 Å². The minimum Gasteiger partial charge on any atom is -0.465 e. The van der Waals surface area contributed by atoms with Crippen LogP contribution >= 0.6 is 35.8 Å². The predicted octanol–water partition coefficient (Wildman–Crippen LogP) is 3.32. The van der Waals surface area contributed by atoms with E-state index in [9.17, 15) is 9.59 Å². The van der Waals surface area contributed by atoms with Crippen molar-refractivity contribution in [3.63, 3.8) is 0 Å².